The zero-order valence-electron chi connectivity index (χ0n) is 11.6. The van der Waals surface area contributed by atoms with E-state index in [1.54, 1.807) is 0 Å². The lowest BCUT2D eigenvalue weighted by Gasteiger charge is -2.33. The summed E-state index contributed by atoms with van der Waals surface area (Å²) in [5.74, 6) is 0.981. The molecule has 2 aliphatic heterocycles. The molecule has 0 aliphatic carbocycles. The Morgan fingerprint density at radius 3 is 2.94 bits per heavy atom. The number of nitrogens with one attached hydrogen (secondary N) is 1. The minimum atomic E-state index is 0.0912. The Morgan fingerprint density at radius 2 is 2.28 bits per heavy atom. The van der Waals surface area contributed by atoms with Crippen LogP contribution in [0.15, 0.2) is 0 Å². The van der Waals surface area contributed by atoms with Crippen molar-refractivity contribution in [1.82, 2.24) is 15.1 Å². The van der Waals surface area contributed by atoms with Crippen molar-refractivity contribution in [2.75, 3.05) is 39.8 Å². The van der Waals surface area contributed by atoms with Gasteiger partial charge >= 0.3 is 6.03 Å². The normalized spacial score (nSPS) is 31.5. The Labute approximate surface area is 110 Å². The van der Waals surface area contributed by atoms with Gasteiger partial charge in [0.25, 0.3) is 0 Å². The molecule has 0 aromatic carbocycles. The van der Waals surface area contributed by atoms with Crippen LogP contribution in [-0.2, 0) is 0 Å². The minimum Gasteiger partial charge on any atom is -0.333 e. The average Bonchev–Trinajstić information content (AvgIpc) is 2.71. The fourth-order valence-electron chi connectivity index (χ4n) is 3.03. The summed E-state index contributed by atoms with van der Waals surface area (Å²) >= 11 is 0. The summed E-state index contributed by atoms with van der Waals surface area (Å²) in [6.45, 7) is 6.65. The van der Waals surface area contributed by atoms with E-state index in [9.17, 15) is 4.79 Å². The molecule has 0 spiro atoms. The van der Waals surface area contributed by atoms with Gasteiger partial charge in [0, 0.05) is 19.6 Å². The first kappa shape index (κ1) is 13.6. The number of hydrogen-bond acceptors (Lipinski definition) is 3. The molecule has 0 saturated carbocycles. The van der Waals surface area contributed by atoms with Crippen LogP contribution in [0.3, 0.4) is 0 Å². The van der Waals surface area contributed by atoms with Crippen molar-refractivity contribution in [1.29, 1.82) is 0 Å². The van der Waals surface area contributed by atoms with E-state index in [1.807, 2.05) is 4.90 Å². The fourth-order valence-corrected chi connectivity index (χ4v) is 3.03. The molecule has 5 heteroatoms. The number of urea groups is 1. The summed E-state index contributed by atoms with van der Waals surface area (Å²) in [4.78, 5) is 16.2. The highest BCUT2D eigenvalue weighted by Gasteiger charge is 2.35. The van der Waals surface area contributed by atoms with Crippen molar-refractivity contribution in [2.24, 2.45) is 17.6 Å². The molecule has 3 unspecified atom stereocenters. The van der Waals surface area contributed by atoms with Gasteiger partial charge in [-0.2, -0.15) is 0 Å². The molecule has 0 radical (unpaired) electrons. The monoisotopic (exact) mass is 254 g/mol. The maximum atomic E-state index is 11.9. The molecule has 0 aromatic heterocycles. The van der Waals surface area contributed by atoms with E-state index in [2.05, 4.69) is 24.2 Å². The van der Waals surface area contributed by atoms with Crippen LogP contribution in [-0.4, -0.2) is 61.6 Å². The Morgan fingerprint density at radius 1 is 1.50 bits per heavy atom. The van der Waals surface area contributed by atoms with Gasteiger partial charge in [0.05, 0.1) is 6.04 Å². The molecule has 0 bridgehead atoms. The molecule has 2 amide bonds. The smallest absolute Gasteiger partial charge is 0.317 e. The Balaban J connectivity index is 1.87. The second-order valence-electron chi connectivity index (χ2n) is 5.97. The predicted octanol–water partition coefficient (Wildman–Crippen LogP) is 0.317. The molecule has 0 aromatic rings. The number of carbonyl (C=O) groups excluding carboxylic acids is 1. The number of likely N-dealkylation sites (tertiary alicyclic amines) is 1. The maximum absolute atomic E-state index is 11.9. The average molecular weight is 254 g/mol. The van der Waals surface area contributed by atoms with Crippen LogP contribution in [0.2, 0.25) is 0 Å². The number of hydrogen-bond donors (Lipinski definition) is 2. The van der Waals surface area contributed by atoms with E-state index in [1.165, 1.54) is 19.4 Å². The molecule has 2 fully saturated rings. The van der Waals surface area contributed by atoms with Crippen molar-refractivity contribution in [3.8, 4) is 0 Å². The standard InChI is InChI=1S/C13H26N4O/c1-10(6-14)7-17-9-12(15-13(17)18)11-4-3-5-16(2)8-11/h10-12H,3-9,14H2,1-2H3,(H,15,18). The summed E-state index contributed by atoms with van der Waals surface area (Å²) < 4.78 is 0. The van der Waals surface area contributed by atoms with Gasteiger partial charge in [-0.05, 0) is 44.8 Å². The highest BCUT2D eigenvalue weighted by molar-refractivity contribution is 5.77. The van der Waals surface area contributed by atoms with Crippen LogP contribution in [0, 0.1) is 11.8 Å². The molecule has 2 saturated heterocycles. The van der Waals surface area contributed by atoms with Gasteiger partial charge in [0.15, 0.2) is 0 Å². The first-order valence-corrected chi connectivity index (χ1v) is 7.04. The van der Waals surface area contributed by atoms with Gasteiger partial charge in [-0.25, -0.2) is 4.79 Å². The highest BCUT2D eigenvalue weighted by Crippen LogP contribution is 2.22. The SMILES string of the molecule is CC(CN)CN1CC(C2CCCN(C)C2)NC1=O. The number of nitrogens with two attached hydrogens (primary N) is 1. The largest absolute Gasteiger partial charge is 0.333 e. The van der Waals surface area contributed by atoms with E-state index in [-0.39, 0.29) is 6.03 Å². The van der Waals surface area contributed by atoms with Crippen molar-refractivity contribution in [2.45, 2.75) is 25.8 Å². The minimum absolute atomic E-state index is 0.0912. The van der Waals surface area contributed by atoms with Crippen molar-refractivity contribution >= 4 is 6.03 Å². The van der Waals surface area contributed by atoms with Gasteiger partial charge in [0.1, 0.15) is 0 Å². The van der Waals surface area contributed by atoms with Gasteiger partial charge in [-0.3, -0.25) is 0 Å². The van der Waals surface area contributed by atoms with Crippen LogP contribution in [0.25, 0.3) is 0 Å². The molecule has 3 atom stereocenters. The van der Waals surface area contributed by atoms with Crippen LogP contribution in [0.1, 0.15) is 19.8 Å². The second kappa shape index (κ2) is 5.89. The molecule has 2 aliphatic rings. The van der Waals surface area contributed by atoms with Crippen LogP contribution in [0.4, 0.5) is 4.79 Å². The van der Waals surface area contributed by atoms with E-state index in [4.69, 9.17) is 5.73 Å². The Bertz CT molecular complexity index is 297. The molecule has 104 valence electrons. The number of rotatable bonds is 4. The van der Waals surface area contributed by atoms with Gasteiger partial charge in [-0.1, -0.05) is 6.92 Å². The van der Waals surface area contributed by atoms with E-state index < -0.39 is 0 Å². The van der Waals surface area contributed by atoms with Gasteiger partial charge in [0.2, 0.25) is 0 Å². The molecule has 3 N–H and O–H groups in total. The number of amides is 2. The fraction of sp³-hybridized carbons (Fsp3) is 0.923. The van der Waals surface area contributed by atoms with Gasteiger partial charge < -0.3 is 20.9 Å². The molecular weight excluding hydrogens is 228 g/mol. The topological polar surface area (TPSA) is 61.6 Å². The van der Waals surface area contributed by atoms with Crippen LogP contribution < -0.4 is 11.1 Å². The van der Waals surface area contributed by atoms with Crippen molar-refractivity contribution < 1.29 is 4.79 Å². The number of carbonyl (C=O) groups is 1. The zero-order chi connectivity index (χ0) is 13.1. The molecule has 2 heterocycles. The predicted molar refractivity (Wildman–Crippen MR) is 72.3 cm³/mol. The summed E-state index contributed by atoms with van der Waals surface area (Å²) in [5, 5.41) is 3.14. The molecule has 5 nitrogen and oxygen atoms in total. The third-order valence-electron chi connectivity index (χ3n) is 4.18. The number of piperidine rings is 1. The molecule has 18 heavy (non-hydrogen) atoms. The first-order valence-electron chi connectivity index (χ1n) is 7.04. The maximum Gasteiger partial charge on any atom is 0.317 e. The third-order valence-corrected chi connectivity index (χ3v) is 4.18. The molecule has 2 rings (SSSR count). The first-order chi connectivity index (χ1) is 8.60. The van der Waals surface area contributed by atoms with Gasteiger partial charge in [-0.15, -0.1) is 0 Å². The lowest BCUT2D eigenvalue weighted by molar-refractivity contribution is 0.179. The number of nitrogens with zero attached hydrogens (tertiary/aromatic N) is 2. The zero-order valence-corrected chi connectivity index (χ0v) is 11.6. The second-order valence-corrected chi connectivity index (χ2v) is 5.97. The molecular formula is C13H26N4O. The van der Waals surface area contributed by atoms with Crippen molar-refractivity contribution in [3.05, 3.63) is 0 Å². The quantitative estimate of drug-likeness (QED) is 0.759. The van der Waals surface area contributed by atoms with Crippen LogP contribution in [0.5, 0.6) is 0 Å². The highest BCUT2D eigenvalue weighted by atomic mass is 16.2. The van der Waals surface area contributed by atoms with Crippen molar-refractivity contribution in [3.63, 3.8) is 0 Å². The van der Waals surface area contributed by atoms with E-state index in [0.29, 0.717) is 24.4 Å². The Hall–Kier alpha value is -0.810. The third kappa shape index (κ3) is 3.14. The lowest BCUT2D eigenvalue weighted by Crippen LogP contribution is -2.43. The van der Waals surface area contributed by atoms with Crippen LogP contribution >= 0.6 is 0 Å². The lowest BCUT2D eigenvalue weighted by atomic mass is 9.91. The van der Waals surface area contributed by atoms with E-state index >= 15 is 0 Å². The summed E-state index contributed by atoms with van der Waals surface area (Å²) in [6, 6.07) is 0.416. The Kier molecular flexibility index (Phi) is 4.45. The van der Waals surface area contributed by atoms with E-state index in [0.717, 1.165) is 19.6 Å². The summed E-state index contributed by atoms with van der Waals surface area (Å²) in [5.41, 5.74) is 5.63. The summed E-state index contributed by atoms with van der Waals surface area (Å²) in [6.07, 6.45) is 2.47. The summed E-state index contributed by atoms with van der Waals surface area (Å²) in [7, 11) is 2.16.